The lowest BCUT2D eigenvalue weighted by Crippen LogP contribution is -1.92. The van der Waals surface area contributed by atoms with Gasteiger partial charge in [-0.25, -0.2) is 0 Å². The van der Waals surface area contributed by atoms with Crippen LogP contribution >= 0.6 is 0 Å². The van der Waals surface area contributed by atoms with Gasteiger partial charge in [-0.15, -0.1) is 0 Å². The Morgan fingerprint density at radius 2 is 1.81 bits per heavy atom. The van der Waals surface area contributed by atoms with Crippen LogP contribution in [0.5, 0.6) is 5.75 Å². The van der Waals surface area contributed by atoms with Gasteiger partial charge in [-0.05, 0) is 30.7 Å². The second kappa shape index (κ2) is 4.53. The smallest absolute Gasteiger partial charge is 0.298 e. The third kappa shape index (κ3) is 2.23. The highest BCUT2D eigenvalue weighted by molar-refractivity contribution is 5.58. The Balaban J connectivity index is 2.40. The van der Waals surface area contributed by atoms with E-state index in [1.165, 1.54) is 0 Å². The minimum absolute atomic E-state index is 0.392. The summed E-state index contributed by atoms with van der Waals surface area (Å²) in [4.78, 5) is 18.6. The summed E-state index contributed by atoms with van der Waals surface area (Å²) in [6, 6.07) is 7.13. The predicted octanol–water partition coefficient (Wildman–Crippen LogP) is 1.99. The van der Waals surface area contributed by atoms with Gasteiger partial charge in [0.05, 0.1) is 11.4 Å². The molecule has 4 nitrogen and oxygen atoms in total. The highest BCUT2D eigenvalue weighted by Crippen LogP contribution is 2.19. The average Bonchev–Trinajstić information content (AvgIpc) is 2.30. The first-order valence-electron chi connectivity index (χ1n) is 4.79. The Kier molecular flexibility index (Phi) is 2.91. The van der Waals surface area contributed by atoms with E-state index in [9.17, 15) is 4.79 Å². The highest BCUT2D eigenvalue weighted by atomic mass is 16.5. The van der Waals surface area contributed by atoms with E-state index >= 15 is 0 Å². The van der Waals surface area contributed by atoms with Gasteiger partial charge >= 0.3 is 0 Å². The molecular formula is C12H10N2O2. The second-order valence-corrected chi connectivity index (χ2v) is 3.31. The number of aryl methyl sites for hydroxylation is 1. The molecule has 0 N–H and O–H groups in total. The van der Waals surface area contributed by atoms with Crippen LogP contribution in [0.4, 0.5) is 0 Å². The lowest BCUT2D eigenvalue weighted by Gasteiger charge is -2.02. The molecule has 2 rings (SSSR count). The standard InChI is InChI=1S/C12H10N2O2/c1-9-2-4-13-11(6-9)12-7-10(16-8-15)3-5-14-12/h2-8H,1H3. The predicted molar refractivity (Wildman–Crippen MR) is 58.9 cm³/mol. The van der Waals surface area contributed by atoms with Crippen LogP contribution in [-0.4, -0.2) is 16.4 Å². The Hall–Kier alpha value is -2.23. The molecule has 0 aliphatic rings. The van der Waals surface area contributed by atoms with Crippen molar-refractivity contribution in [3.63, 3.8) is 0 Å². The maximum absolute atomic E-state index is 10.2. The first-order valence-corrected chi connectivity index (χ1v) is 4.79. The summed E-state index contributed by atoms with van der Waals surface area (Å²) in [5.74, 6) is 0.461. The molecule has 0 aromatic carbocycles. The van der Waals surface area contributed by atoms with Crippen molar-refractivity contribution in [2.75, 3.05) is 0 Å². The van der Waals surface area contributed by atoms with Crippen LogP contribution in [0, 0.1) is 6.92 Å². The Morgan fingerprint density at radius 3 is 2.50 bits per heavy atom. The van der Waals surface area contributed by atoms with Gasteiger partial charge in [0, 0.05) is 18.5 Å². The van der Waals surface area contributed by atoms with Crippen molar-refractivity contribution >= 4 is 6.47 Å². The van der Waals surface area contributed by atoms with Gasteiger partial charge in [0.1, 0.15) is 5.75 Å². The number of pyridine rings is 2. The molecule has 0 unspecified atom stereocenters. The molecule has 0 radical (unpaired) electrons. The van der Waals surface area contributed by atoms with Gasteiger partial charge < -0.3 is 4.74 Å². The molecule has 0 aliphatic heterocycles. The first kappa shape index (κ1) is 10.3. The van der Waals surface area contributed by atoms with Gasteiger partial charge in [0.2, 0.25) is 0 Å². The lowest BCUT2D eigenvalue weighted by molar-refractivity contribution is -0.120. The number of aromatic nitrogens is 2. The molecule has 4 heteroatoms. The van der Waals surface area contributed by atoms with Crippen LogP contribution in [0.25, 0.3) is 11.4 Å². The van der Waals surface area contributed by atoms with Gasteiger partial charge in [0.25, 0.3) is 6.47 Å². The molecule has 2 heterocycles. The zero-order valence-electron chi connectivity index (χ0n) is 8.75. The largest absolute Gasteiger partial charge is 0.429 e. The summed E-state index contributed by atoms with van der Waals surface area (Å²) in [5.41, 5.74) is 2.55. The molecule has 0 bridgehead atoms. The molecule has 0 spiro atoms. The number of rotatable bonds is 3. The number of hydrogen-bond acceptors (Lipinski definition) is 4. The zero-order chi connectivity index (χ0) is 11.4. The number of carbonyl (C=O) groups excluding carboxylic acids is 1. The molecular weight excluding hydrogens is 204 g/mol. The second-order valence-electron chi connectivity index (χ2n) is 3.31. The number of ether oxygens (including phenoxy) is 1. The Morgan fingerprint density at radius 1 is 1.12 bits per heavy atom. The topological polar surface area (TPSA) is 52.1 Å². The molecule has 16 heavy (non-hydrogen) atoms. The Bertz CT molecular complexity index is 512. The van der Waals surface area contributed by atoms with E-state index in [2.05, 4.69) is 9.97 Å². The van der Waals surface area contributed by atoms with Gasteiger partial charge in [-0.1, -0.05) is 0 Å². The maximum Gasteiger partial charge on any atom is 0.298 e. The summed E-state index contributed by atoms with van der Waals surface area (Å²) in [7, 11) is 0. The van der Waals surface area contributed by atoms with Crippen molar-refractivity contribution in [1.29, 1.82) is 0 Å². The summed E-state index contributed by atoms with van der Waals surface area (Å²) < 4.78 is 4.75. The summed E-state index contributed by atoms with van der Waals surface area (Å²) >= 11 is 0. The third-order valence-electron chi connectivity index (χ3n) is 2.09. The fraction of sp³-hybridized carbons (Fsp3) is 0.0833. The van der Waals surface area contributed by atoms with Gasteiger partial charge in [0.15, 0.2) is 0 Å². The van der Waals surface area contributed by atoms with E-state index in [4.69, 9.17) is 4.74 Å². The highest BCUT2D eigenvalue weighted by Gasteiger charge is 2.02. The van der Waals surface area contributed by atoms with Crippen LogP contribution in [0.1, 0.15) is 5.56 Å². The lowest BCUT2D eigenvalue weighted by atomic mass is 10.2. The molecule has 80 valence electrons. The maximum atomic E-state index is 10.2. The van der Waals surface area contributed by atoms with Crippen LogP contribution in [0.2, 0.25) is 0 Å². The van der Waals surface area contributed by atoms with Gasteiger partial charge in [-0.2, -0.15) is 0 Å². The molecule has 0 amide bonds. The minimum atomic E-state index is 0.392. The van der Waals surface area contributed by atoms with E-state index in [1.54, 1.807) is 24.5 Å². The van der Waals surface area contributed by atoms with E-state index in [0.29, 0.717) is 17.9 Å². The van der Waals surface area contributed by atoms with E-state index in [0.717, 1.165) is 11.3 Å². The first-order chi connectivity index (χ1) is 7.79. The fourth-order valence-corrected chi connectivity index (χ4v) is 1.36. The molecule has 0 fully saturated rings. The van der Waals surface area contributed by atoms with Crippen molar-refractivity contribution < 1.29 is 9.53 Å². The normalized spacial score (nSPS) is 9.81. The fourth-order valence-electron chi connectivity index (χ4n) is 1.36. The summed E-state index contributed by atoms with van der Waals surface area (Å²) in [6.07, 6.45) is 3.30. The van der Waals surface area contributed by atoms with Crippen LogP contribution < -0.4 is 4.74 Å². The molecule has 0 atom stereocenters. The SMILES string of the molecule is Cc1ccnc(-c2cc(OC=O)ccn2)c1. The Labute approximate surface area is 92.9 Å². The number of nitrogens with zero attached hydrogens (tertiary/aromatic N) is 2. The van der Waals surface area contributed by atoms with Crippen molar-refractivity contribution in [2.45, 2.75) is 6.92 Å². The quantitative estimate of drug-likeness (QED) is 0.733. The molecule has 2 aromatic heterocycles. The van der Waals surface area contributed by atoms with E-state index in [1.807, 2.05) is 19.1 Å². The number of hydrogen-bond donors (Lipinski definition) is 0. The van der Waals surface area contributed by atoms with Crippen LogP contribution in [-0.2, 0) is 4.79 Å². The van der Waals surface area contributed by atoms with Gasteiger partial charge in [-0.3, -0.25) is 14.8 Å². The van der Waals surface area contributed by atoms with Crippen LogP contribution in [0.15, 0.2) is 36.7 Å². The third-order valence-corrected chi connectivity index (χ3v) is 2.09. The van der Waals surface area contributed by atoms with E-state index < -0.39 is 0 Å². The van der Waals surface area contributed by atoms with E-state index in [-0.39, 0.29) is 0 Å². The van der Waals surface area contributed by atoms with Crippen LogP contribution in [0.3, 0.4) is 0 Å². The summed E-state index contributed by atoms with van der Waals surface area (Å²) in [6.45, 7) is 2.37. The average molecular weight is 214 g/mol. The van der Waals surface area contributed by atoms with Crippen molar-refractivity contribution in [3.05, 3.63) is 42.2 Å². The molecule has 0 saturated heterocycles. The van der Waals surface area contributed by atoms with Crippen molar-refractivity contribution in [1.82, 2.24) is 9.97 Å². The summed E-state index contributed by atoms with van der Waals surface area (Å²) in [5, 5.41) is 0. The molecule has 0 aliphatic carbocycles. The monoisotopic (exact) mass is 214 g/mol. The molecule has 2 aromatic rings. The number of carbonyl (C=O) groups is 1. The zero-order valence-corrected chi connectivity index (χ0v) is 8.75. The van der Waals surface area contributed by atoms with Crippen molar-refractivity contribution in [3.8, 4) is 17.1 Å². The minimum Gasteiger partial charge on any atom is -0.429 e. The molecule has 0 saturated carbocycles. The van der Waals surface area contributed by atoms with Crippen molar-refractivity contribution in [2.24, 2.45) is 0 Å².